The molecule has 0 saturated carbocycles. The molecule has 1 atom stereocenters. The van der Waals surface area contributed by atoms with Crippen molar-refractivity contribution in [2.75, 3.05) is 19.0 Å². The largest absolute Gasteiger partial charge is 0.493 e. The van der Waals surface area contributed by atoms with Crippen LogP contribution in [0, 0.1) is 5.82 Å². The first-order valence-electron chi connectivity index (χ1n) is 8.57. The van der Waals surface area contributed by atoms with E-state index in [1.807, 2.05) is 6.92 Å². The van der Waals surface area contributed by atoms with Gasteiger partial charge >= 0.3 is 0 Å². The van der Waals surface area contributed by atoms with E-state index in [1.54, 1.807) is 43.5 Å². The molecule has 0 aliphatic rings. The molecule has 26 heavy (non-hydrogen) atoms. The number of methoxy groups -OCH3 is 1. The number of hydrogen-bond donors (Lipinski definition) is 1. The molecule has 2 aromatic carbocycles. The van der Waals surface area contributed by atoms with Crippen molar-refractivity contribution in [1.82, 2.24) is 0 Å². The van der Waals surface area contributed by atoms with Gasteiger partial charge in [-0.1, -0.05) is 25.1 Å². The molecule has 0 spiro atoms. The maximum absolute atomic E-state index is 13.5. The summed E-state index contributed by atoms with van der Waals surface area (Å²) in [4.78, 5) is 12.7. The van der Waals surface area contributed by atoms with Crippen LogP contribution in [0.3, 0.4) is 0 Å². The van der Waals surface area contributed by atoms with Gasteiger partial charge in [-0.25, -0.2) is 4.39 Å². The number of carbonyl (C=O) groups is 1. The van der Waals surface area contributed by atoms with Crippen LogP contribution in [-0.2, 0) is 4.79 Å². The monoisotopic (exact) mass is 357 g/mol. The summed E-state index contributed by atoms with van der Waals surface area (Å²) >= 11 is 0. The first-order chi connectivity index (χ1) is 12.6. The standard InChI is InChI=1S/C21H24FNO3/c1-4-7-18(15-8-6-9-16(22)13-15)21(24)23-17-10-11-19(25-3)20(14-17)26-12-5-2/h4,6,8-11,13-14,18H,1,5,7,12H2,2-3H3,(H,23,24). The normalized spacial score (nSPS) is 11.5. The highest BCUT2D eigenvalue weighted by Gasteiger charge is 2.20. The Morgan fingerprint density at radius 1 is 1.27 bits per heavy atom. The fourth-order valence-corrected chi connectivity index (χ4v) is 2.59. The number of rotatable bonds is 9. The fourth-order valence-electron chi connectivity index (χ4n) is 2.59. The molecule has 0 saturated heterocycles. The lowest BCUT2D eigenvalue weighted by atomic mass is 9.94. The summed E-state index contributed by atoms with van der Waals surface area (Å²) in [6.07, 6.45) is 2.92. The van der Waals surface area contributed by atoms with Crippen molar-refractivity contribution in [2.45, 2.75) is 25.7 Å². The van der Waals surface area contributed by atoms with Crippen LogP contribution in [0.25, 0.3) is 0 Å². The summed E-state index contributed by atoms with van der Waals surface area (Å²) in [6.45, 7) is 6.26. The molecular weight excluding hydrogens is 333 g/mol. The minimum absolute atomic E-state index is 0.234. The number of halogens is 1. The molecule has 2 rings (SSSR count). The van der Waals surface area contributed by atoms with E-state index < -0.39 is 5.92 Å². The fraction of sp³-hybridized carbons (Fsp3) is 0.286. The van der Waals surface area contributed by atoms with Gasteiger partial charge in [0.25, 0.3) is 0 Å². The van der Waals surface area contributed by atoms with Gasteiger partial charge in [0.05, 0.1) is 19.6 Å². The maximum atomic E-state index is 13.5. The van der Waals surface area contributed by atoms with Gasteiger partial charge in [-0.3, -0.25) is 4.79 Å². The smallest absolute Gasteiger partial charge is 0.232 e. The summed E-state index contributed by atoms with van der Waals surface area (Å²) < 4.78 is 24.5. The Bertz CT molecular complexity index is 761. The highest BCUT2D eigenvalue weighted by Crippen LogP contribution is 2.31. The lowest BCUT2D eigenvalue weighted by Gasteiger charge is -2.17. The Morgan fingerprint density at radius 2 is 2.08 bits per heavy atom. The van der Waals surface area contributed by atoms with Crippen LogP contribution in [0.5, 0.6) is 11.5 Å². The van der Waals surface area contributed by atoms with Crippen LogP contribution >= 0.6 is 0 Å². The first kappa shape index (κ1) is 19.5. The number of anilines is 1. The third kappa shape index (κ3) is 5.09. The van der Waals surface area contributed by atoms with Crippen molar-refractivity contribution in [3.8, 4) is 11.5 Å². The Morgan fingerprint density at radius 3 is 2.73 bits per heavy atom. The van der Waals surface area contributed by atoms with Crippen molar-refractivity contribution in [1.29, 1.82) is 0 Å². The number of nitrogens with one attached hydrogen (secondary N) is 1. The van der Waals surface area contributed by atoms with Gasteiger partial charge in [0.2, 0.25) is 5.91 Å². The molecule has 0 aliphatic carbocycles. The molecule has 0 aromatic heterocycles. The quantitative estimate of drug-likeness (QED) is 0.648. The van der Waals surface area contributed by atoms with Gasteiger partial charge in [-0.15, -0.1) is 6.58 Å². The molecule has 0 fully saturated rings. The highest BCUT2D eigenvalue weighted by atomic mass is 19.1. The van der Waals surface area contributed by atoms with Crippen molar-refractivity contribution >= 4 is 11.6 Å². The van der Waals surface area contributed by atoms with Crippen molar-refractivity contribution in [3.63, 3.8) is 0 Å². The summed E-state index contributed by atoms with van der Waals surface area (Å²) in [6, 6.07) is 11.3. The second kappa shape index (κ2) is 9.61. The van der Waals surface area contributed by atoms with Crippen LogP contribution in [0.2, 0.25) is 0 Å². The summed E-state index contributed by atoms with van der Waals surface area (Å²) in [5.74, 6) is 0.0406. The molecule has 138 valence electrons. The molecule has 4 nitrogen and oxygen atoms in total. The van der Waals surface area contributed by atoms with Gasteiger partial charge in [-0.2, -0.15) is 0 Å². The second-order valence-electron chi connectivity index (χ2n) is 5.84. The predicted octanol–water partition coefficient (Wildman–Crippen LogP) is 4.92. The molecule has 2 aromatic rings. The summed E-state index contributed by atoms with van der Waals surface area (Å²) in [7, 11) is 1.57. The predicted molar refractivity (Wildman–Crippen MR) is 101 cm³/mol. The van der Waals surface area contributed by atoms with E-state index in [0.717, 1.165) is 6.42 Å². The van der Waals surface area contributed by atoms with Crippen molar-refractivity contribution in [3.05, 3.63) is 66.5 Å². The van der Waals surface area contributed by atoms with Gasteiger partial charge < -0.3 is 14.8 Å². The number of benzene rings is 2. The summed E-state index contributed by atoms with van der Waals surface area (Å²) in [5.41, 5.74) is 1.20. The Balaban J connectivity index is 2.21. The minimum atomic E-state index is -0.523. The lowest BCUT2D eigenvalue weighted by Crippen LogP contribution is -2.21. The number of carbonyl (C=O) groups excluding carboxylic acids is 1. The molecule has 0 bridgehead atoms. The topological polar surface area (TPSA) is 47.6 Å². The summed E-state index contributed by atoms with van der Waals surface area (Å²) in [5, 5.41) is 2.87. The van der Waals surface area contributed by atoms with E-state index in [9.17, 15) is 9.18 Å². The van der Waals surface area contributed by atoms with Gasteiger partial charge in [0.1, 0.15) is 5.82 Å². The molecule has 5 heteroatoms. The Kier molecular flexibility index (Phi) is 7.21. The molecular formula is C21H24FNO3. The van der Waals surface area contributed by atoms with Crippen LogP contribution in [0.15, 0.2) is 55.1 Å². The molecule has 1 unspecified atom stereocenters. The average Bonchev–Trinajstić information content (AvgIpc) is 2.64. The van der Waals surface area contributed by atoms with Gasteiger partial charge in [-0.05, 0) is 42.7 Å². The van der Waals surface area contributed by atoms with E-state index >= 15 is 0 Å². The van der Waals surface area contributed by atoms with Gasteiger partial charge in [0.15, 0.2) is 11.5 Å². The molecule has 0 heterocycles. The Labute approximate surface area is 153 Å². The van der Waals surface area contributed by atoms with E-state index in [0.29, 0.717) is 35.8 Å². The van der Waals surface area contributed by atoms with E-state index in [1.165, 1.54) is 12.1 Å². The molecule has 0 aliphatic heterocycles. The zero-order valence-electron chi connectivity index (χ0n) is 15.1. The first-order valence-corrected chi connectivity index (χ1v) is 8.57. The van der Waals surface area contributed by atoms with Gasteiger partial charge in [0, 0.05) is 11.8 Å². The van der Waals surface area contributed by atoms with E-state index in [2.05, 4.69) is 11.9 Å². The molecule has 1 amide bonds. The molecule has 0 radical (unpaired) electrons. The van der Waals surface area contributed by atoms with Crippen LogP contribution < -0.4 is 14.8 Å². The SMILES string of the molecule is C=CCC(C(=O)Nc1ccc(OC)c(OCCC)c1)c1cccc(F)c1. The van der Waals surface area contributed by atoms with Crippen LogP contribution in [-0.4, -0.2) is 19.6 Å². The minimum Gasteiger partial charge on any atom is -0.493 e. The highest BCUT2D eigenvalue weighted by molar-refractivity contribution is 5.96. The number of hydrogen-bond acceptors (Lipinski definition) is 3. The lowest BCUT2D eigenvalue weighted by molar-refractivity contribution is -0.117. The zero-order valence-corrected chi connectivity index (χ0v) is 15.1. The van der Waals surface area contributed by atoms with Crippen LogP contribution in [0.1, 0.15) is 31.2 Å². The third-order valence-corrected chi connectivity index (χ3v) is 3.86. The number of amides is 1. The van der Waals surface area contributed by atoms with E-state index in [-0.39, 0.29) is 11.7 Å². The van der Waals surface area contributed by atoms with Crippen molar-refractivity contribution < 1.29 is 18.7 Å². The second-order valence-corrected chi connectivity index (χ2v) is 5.84. The van der Waals surface area contributed by atoms with Crippen molar-refractivity contribution in [2.24, 2.45) is 0 Å². The zero-order chi connectivity index (χ0) is 18.9. The average molecular weight is 357 g/mol. The van der Waals surface area contributed by atoms with Crippen LogP contribution in [0.4, 0.5) is 10.1 Å². The number of ether oxygens (including phenoxy) is 2. The Hall–Kier alpha value is -2.82. The van der Waals surface area contributed by atoms with E-state index in [4.69, 9.17) is 9.47 Å². The molecule has 1 N–H and O–H groups in total. The third-order valence-electron chi connectivity index (χ3n) is 3.86. The number of allylic oxidation sites excluding steroid dienone is 1. The maximum Gasteiger partial charge on any atom is 0.232 e.